The first-order valence-corrected chi connectivity index (χ1v) is 9.98. The summed E-state index contributed by atoms with van der Waals surface area (Å²) in [7, 11) is 0. The largest absolute Gasteiger partial charge is 0.352 e. The molecule has 2 aromatic heterocycles. The van der Waals surface area contributed by atoms with Crippen LogP contribution >= 0.6 is 15.9 Å². The van der Waals surface area contributed by atoms with Gasteiger partial charge in [-0.3, -0.25) is 4.79 Å². The van der Waals surface area contributed by atoms with Crippen molar-refractivity contribution in [3.05, 3.63) is 63.9 Å². The van der Waals surface area contributed by atoms with Gasteiger partial charge in [0.15, 0.2) is 11.6 Å². The second-order valence-electron chi connectivity index (χ2n) is 6.88. The summed E-state index contributed by atoms with van der Waals surface area (Å²) >= 11 is 3.42. The number of carbonyl (C=O) groups excluding carboxylic acids is 1. The van der Waals surface area contributed by atoms with Crippen LogP contribution in [0.5, 0.6) is 0 Å². The molecule has 0 spiro atoms. The molecule has 0 radical (unpaired) electrons. The molecule has 144 valence electrons. The van der Waals surface area contributed by atoms with E-state index in [-0.39, 0.29) is 5.91 Å². The Bertz CT molecular complexity index is 992. The predicted molar refractivity (Wildman–Crippen MR) is 111 cm³/mol. The summed E-state index contributed by atoms with van der Waals surface area (Å²) in [6, 6.07) is 13.4. The summed E-state index contributed by atoms with van der Waals surface area (Å²) < 4.78 is 2.70. The SMILES string of the molecule is Cc1cc(C)n(-c2ccc(N3CCN(C(=O)c4cccc(Br)c4)CC3)nn2)n1. The van der Waals surface area contributed by atoms with Gasteiger partial charge < -0.3 is 9.80 Å². The molecule has 1 fully saturated rings. The molecule has 4 rings (SSSR count). The highest BCUT2D eigenvalue weighted by Crippen LogP contribution is 2.18. The van der Waals surface area contributed by atoms with Crippen LogP contribution in [0.15, 0.2) is 46.9 Å². The summed E-state index contributed by atoms with van der Waals surface area (Å²) in [4.78, 5) is 16.7. The van der Waals surface area contributed by atoms with Gasteiger partial charge in [0, 0.05) is 41.9 Å². The smallest absolute Gasteiger partial charge is 0.254 e. The van der Waals surface area contributed by atoms with Crippen molar-refractivity contribution >= 4 is 27.7 Å². The number of anilines is 1. The summed E-state index contributed by atoms with van der Waals surface area (Å²) in [5.74, 6) is 1.59. The normalized spacial score (nSPS) is 14.4. The summed E-state index contributed by atoms with van der Waals surface area (Å²) in [5, 5.41) is 13.1. The third kappa shape index (κ3) is 3.77. The van der Waals surface area contributed by atoms with Gasteiger partial charge in [-0.15, -0.1) is 10.2 Å². The van der Waals surface area contributed by atoms with E-state index >= 15 is 0 Å². The molecule has 1 aliphatic heterocycles. The predicted octanol–water partition coefficient (Wildman–Crippen LogP) is 3.00. The van der Waals surface area contributed by atoms with E-state index in [1.165, 1.54) is 0 Å². The minimum Gasteiger partial charge on any atom is -0.352 e. The zero-order chi connectivity index (χ0) is 19.7. The van der Waals surface area contributed by atoms with Gasteiger partial charge in [-0.25, -0.2) is 4.68 Å². The van der Waals surface area contributed by atoms with Crippen LogP contribution in [0.25, 0.3) is 5.82 Å². The third-order valence-corrected chi connectivity index (χ3v) is 5.32. The molecule has 3 heterocycles. The zero-order valence-corrected chi connectivity index (χ0v) is 17.4. The average Bonchev–Trinajstić information content (AvgIpc) is 3.06. The highest BCUT2D eigenvalue weighted by atomic mass is 79.9. The van der Waals surface area contributed by atoms with Crippen LogP contribution in [0.3, 0.4) is 0 Å². The topological polar surface area (TPSA) is 67.2 Å². The molecule has 0 aliphatic carbocycles. The van der Waals surface area contributed by atoms with Gasteiger partial charge in [-0.2, -0.15) is 5.10 Å². The van der Waals surface area contributed by atoms with E-state index in [9.17, 15) is 4.79 Å². The monoisotopic (exact) mass is 440 g/mol. The molecular weight excluding hydrogens is 420 g/mol. The molecule has 7 nitrogen and oxygen atoms in total. The van der Waals surface area contributed by atoms with Gasteiger partial charge in [-0.05, 0) is 50.2 Å². The van der Waals surface area contributed by atoms with Crippen LogP contribution in [0.2, 0.25) is 0 Å². The van der Waals surface area contributed by atoms with E-state index in [1.54, 1.807) is 4.68 Å². The van der Waals surface area contributed by atoms with E-state index in [1.807, 2.05) is 61.2 Å². The molecule has 1 aromatic carbocycles. The van der Waals surface area contributed by atoms with Crippen molar-refractivity contribution < 1.29 is 4.79 Å². The Morgan fingerprint density at radius 3 is 2.29 bits per heavy atom. The number of carbonyl (C=O) groups is 1. The lowest BCUT2D eigenvalue weighted by Crippen LogP contribution is -2.49. The molecule has 0 saturated carbocycles. The van der Waals surface area contributed by atoms with E-state index in [0.29, 0.717) is 24.5 Å². The molecule has 0 bridgehead atoms. The van der Waals surface area contributed by atoms with Crippen LogP contribution in [0.4, 0.5) is 5.82 Å². The summed E-state index contributed by atoms with van der Waals surface area (Å²) in [6.45, 7) is 6.73. The number of hydrogen-bond acceptors (Lipinski definition) is 5. The van der Waals surface area contributed by atoms with Gasteiger partial charge in [0.1, 0.15) is 0 Å². The second-order valence-corrected chi connectivity index (χ2v) is 7.79. The summed E-state index contributed by atoms with van der Waals surface area (Å²) in [5.41, 5.74) is 2.69. The molecule has 1 saturated heterocycles. The fraction of sp³-hybridized carbons (Fsp3) is 0.300. The number of nitrogens with zero attached hydrogens (tertiary/aromatic N) is 6. The van der Waals surface area contributed by atoms with E-state index in [0.717, 1.165) is 34.8 Å². The number of aromatic nitrogens is 4. The van der Waals surface area contributed by atoms with Crippen molar-refractivity contribution in [3.63, 3.8) is 0 Å². The Hall–Kier alpha value is -2.74. The maximum atomic E-state index is 12.7. The molecule has 28 heavy (non-hydrogen) atoms. The Kier molecular flexibility index (Phi) is 5.13. The lowest BCUT2D eigenvalue weighted by Gasteiger charge is -2.35. The molecule has 0 unspecified atom stereocenters. The lowest BCUT2D eigenvalue weighted by molar-refractivity contribution is 0.0746. The average molecular weight is 441 g/mol. The van der Waals surface area contributed by atoms with Crippen molar-refractivity contribution in [2.24, 2.45) is 0 Å². The molecule has 3 aromatic rings. The lowest BCUT2D eigenvalue weighted by atomic mass is 10.2. The van der Waals surface area contributed by atoms with Crippen molar-refractivity contribution in [3.8, 4) is 5.82 Å². The number of halogens is 1. The van der Waals surface area contributed by atoms with Crippen LogP contribution < -0.4 is 4.90 Å². The zero-order valence-electron chi connectivity index (χ0n) is 15.8. The summed E-state index contributed by atoms with van der Waals surface area (Å²) in [6.07, 6.45) is 0. The van der Waals surface area contributed by atoms with Gasteiger partial charge >= 0.3 is 0 Å². The molecule has 1 amide bonds. The maximum absolute atomic E-state index is 12.7. The maximum Gasteiger partial charge on any atom is 0.254 e. The highest BCUT2D eigenvalue weighted by Gasteiger charge is 2.23. The van der Waals surface area contributed by atoms with E-state index in [2.05, 4.69) is 36.1 Å². The quantitative estimate of drug-likeness (QED) is 0.625. The van der Waals surface area contributed by atoms with Crippen LogP contribution in [-0.2, 0) is 0 Å². The van der Waals surface area contributed by atoms with Crippen molar-refractivity contribution in [1.29, 1.82) is 0 Å². The van der Waals surface area contributed by atoms with Crippen molar-refractivity contribution in [2.75, 3.05) is 31.1 Å². The number of rotatable bonds is 3. The Morgan fingerprint density at radius 2 is 1.68 bits per heavy atom. The first-order valence-electron chi connectivity index (χ1n) is 9.18. The molecular formula is C20H21BrN6O. The molecule has 1 aliphatic rings. The molecule has 0 N–H and O–H groups in total. The molecule has 0 atom stereocenters. The van der Waals surface area contributed by atoms with Gasteiger partial charge in [0.2, 0.25) is 0 Å². The first-order chi connectivity index (χ1) is 13.5. The van der Waals surface area contributed by atoms with E-state index in [4.69, 9.17) is 0 Å². The number of benzene rings is 1. The fourth-order valence-corrected chi connectivity index (χ4v) is 3.80. The number of piperazine rings is 1. The van der Waals surface area contributed by atoms with E-state index < -0.39 is 0 Å². The Labute approximate surface area is 172 Å². The van der Waals surface area contributed by atoms with Gasteiger partial charge in [-0.1, -0.05) is 22.0 Å². The third-order valence-electron chi connectivity index (χ3n) is 4.83. The number of hydrogen-bond donors (Lipinski definition) is 0. The number of amides is 1. The van der Waals surface area contributed by atoms with Crippen LogP contribution in [0, 0.1) is 13.8 Å². The Balaban J connectivity index is 1.41. The van der Waals surface area contributed by atoms with Crippen LogP contribution in [0.1, 0.15) is 21.7 Å². The Morgan fingerprint density at radius 1 is 0.964 bits per heavy atom. The van der Waals surface area contributed by atoms with Gasteiger partial charge in [0.05, 0.1) is 5.69 Å². The highest BCUT2D eigenvalue weighted by molar-refractivity contribution is 9.10. The standard InChI is InChI=1S/C20H21BrN6O/c1-14-12-15(2)27(24-14)19-7-6-18(22-23-19)25-8-10-26(11-9-25)20(28)16-4-3-5-17(21)13-16/h3-7,12-13H,8-11H2,1-2H3. The number of aryl methyl sites for hydroxylation is 2. The van der Waals surface area contributed by atoms with Crippen molar-refractivity contribution in [2.45, 2.75) is 13.8 Å². The van der Waals surface area contributed by atoms with Crippen LogP contribution in [-0.4, -0.2) is 57.0 Å². The van der Waals surface area contributed by atoms with Crippen molar-refractivity contribution in [1.82, 2.24) is 24.9 Å². The minimum atomic E-state index is 0.0620. The molecule has 8 heteroatoms. The fourth-order valence-electron chi connectivity index (χ4n) is 3.40. The first kappa shape index (κ1) is 18.6. The minimum absolute atomic E-state index is 0.0620. The second kappa shape index (κ2) is 7.71. The van der Waals surface area contributed by atoms with Gasteiger partial charge in [0.25, 0.3) is 5.91 Å².